The third kappa shape index (κ3) is 5.42. The quantitative estimate of drug-likeness (QED) is 0.853. The van der Waals surface area contributed by atoms with E-state index in [4.69, 9.17) is 4.74 Å². The molecule has 1 aliphatic rings. The van der Waals surface area contributed by atoms with Crippen molar-refractivity contribution < 1.29 is 14.3 Å². The van der Waals surface area contributed by atoms with Crippen LogP contribution >= 0.6 is 0 Å². The van der Waals surface area contributed by atoms with Gasteiger partial charge in [-0.05, 0) is 38.1 Å². The standard InChI is InChI=1S/C17H26N4O3/c1-13(2)18-16(22)12-20-8-10-21(11-9-20)17(23)19-14-4-6-15(24-3)7-5-14/h4-7,13H,8-12H2,1-3H3,(H,18,22)(H,19,23). The molecule has 24 heavy (non-hydrogen) atoms. The normalized spacial score (nSPS) is 15.2. The highest BCUT2D eigenvalue weighted by atomic mass is 16.5. The number of nitrogens with zero attached hydrogens (tertiary/aromatic N) is 2. The van der Waals surface area contributed by atoms with E-state index in [9.17, 15) is 9.59 Å². The first-order chi connectivity index (χ1) is 11.5. The molecule has 7 nitrogen and oxygen atoms in total. The number of amides is 3. The van der Waals surface area contributed by atoms with Crippen molar-refractivity contribution in [1.82, 2.24) is 15.1 Å². The zero-order valence-corrected chi connectivity index (χ0v) is 14.5. The summed E-state index contributed by atoms with van der Waals surface area (Å²) in [4.78, 5) is 27.9. The number of piperazine rings is 1. The molecule has 0 atom stereocenters. The molecule has 1 saturated heterocycles. The third-order valence-corrected chi connectivity index (χ3v) is 3.82. The number of anilines is 1. The van der Waals surface area contributed by atoms with Gasteiger partial charge in [0.05, 0.1) is 13.7 Å². The van der Waals surface area contributed by atoms with Gasteiger partial charge in [-0.3, -0.25) is 9.69 Å². The zero-order valence-electron chi connectivity index (χ0n) is 14.5. The number of carbonyl (C=O) groups excluding carboxylic acids is 2. The fourth-order valence-electron chi connectivity index (χ4n) is 2.56. The van der Waals surface area contributed by atoms with E-state index >= 15 is 0 Å². The fraction of sp³-hybridized carbons (Fsp3) is 0.529. The van der Waals surface area contributed by atoms with E-state index in [0.29, 0.717) is 32.7 Å². The van der Waals surface area contributed by atoms with E-state index in [1.165, 1.54) is 0 Å². The predicted octanol–water partition coefficient (Wildman–Crippen LogP) is 1.37. The molecule has 7 heteroatoms. The minimum absolute atomic E-state index is 0.0288. The lowest BCUT2D eigenvalue weighted by Gasteiger charge is -2.34. The fourth-order valence-corrected chi connectivity index (χ4v) is 2.56. The molecule has 0 saturated carbocycles. The van der Waals surface area contributed by atoms with Crippen LogP contribution in [0.25, 0.3) is 0 Å². The maximum Gasteiger partial charge on any atom is 0.321 e. The number of urea groups is 1. The predicted molar refractivity (Wildman–Crippen MR) is 93.3 cm³/mol. The molecule has 2 rings (SSSR count). The monoisotopic (exact) mass is 334 g/mol. The van der Waals surface area contributed by atoms with Crippen molar-refractivity contribution in [3.8, 4) is 5.75 Å². The summed E-state index contributed by atoms with van der Waals surface area (Å²) in [5.74, 6) is 0.780. The molecule has 0 bridgehead atoms. The molecule has 1 fully saturated rings. The van der Waals surface area contributed by atoms with E-state index in [-0.39, 0.29) is 18.0 Å². The lowest BCUT2D eigenvalue weighted by atomic mass is 10.3. The van der Waals surface area contributed by atoms with Gasteiger partial charge in [0.1, 0.15) is 5.75 Å². The van der Waals surface area contributed by atoms with Crippen molar-refractivity contribution in [3.05, 3.63) is 24.3 Å². The Hall–Kier alpha value is -2.28. The van der Waals surface area contributed by atoms with Gasteiger partial charge in [0.15, 0.2) is 0 Å². The average molecular weight is 334 g/mol. The highest BCUT2D eigenvalue weighted by Crippen LogP contribution is 2.15. The molecule has 2 N–H and O–H groups in total. The van der Waals surface area contributed by atoms with Crippen molar-refractivity contribution in [3.63, 3.8) is 0 Å². The number of hydrogen-bond acceptors (Lipinski definition) is 4. The molecular formula is C17H26N4O3. The van der Waals surface area contributed by atoms with Gasteiger partial charge in [-0.15, -0.1) is 0 Å². The van der Waals surface area contributed by atoms with E-state index in [0.717, 1.165) is 11.4 Å². The van der Waals surface area contributed by atoms with E-state index < -0.39 is 0 Å². The summed E-state index contributed by atoms with van der Waals surface area (Å²) < 4.78 is 5.10. The number of carbonyl (C=O) groups is 2. The van der Waals surface area contributed by atoms with Crippen LogP contribution in [0.1, 0.15) is 13.8 Å². The summed E-state index contributed by atoms with van der Waals surface area (Å²) in [6.07, 6.45) is 0. The van der Waals surface area contributed by atoms with Crippen LogP contribution in [0, 0.1) is 0 Å². The van der Waals surface area contributed by atoms with E-state index in [2.05, 4.69) is 15.5 Å². The van der Waals surface area contributed by atoms with Gasteiger partial charge in [-0.25, -0.2) is 4.79 Å². The summed E-state index contributed by atoms with van der Waals surface area (Å²) >= 11 is 0. The number of benzene rings is 1. The number of ether oxygens (including phenoxy) is 1. The van der Waals surface area contributed by atoms with Crippen molar-refractivity contribution in [2.24, 2.45) is 0 Å². The van der Waals surface area contributed by atoms with Crippen LogP contribution in [0.15, 0.2) is 24.3 Å². The van der Waals surface area contributed by atoms with Crippen LogP contribution < -0.4 is 15.4 Å². The first-order valence-corrected chi connectivity index (χ1v) is 8.19. The first-order valence-electron chi connectivity index (χ1n) is 8.19. The first kappa shape index (κ1) is 18.1. The van der Waals surface area contributed by atoms with Gasteiger partial charge >= 0.3 is 6.03 Å². The number of nitrogens with one attached hydrogen (secondary N) is 2. The molecular weight excluding hydrogens is 308 g/mol. The van der Waals surface area contributed by atoms with E-state index in [1.54, 1.807) is 24.1 Å². The topological polar surface area (TPSA) is 73.9 Å². The maximum atomic E-state index is 12.3. The Morgan fingerprint density at radius 2 is 1.75 bits per heavy atom. The third-order valence-electron chi connectivity index (χ3n) is 3.82. The minimum Gasteiger partial charge on any atom is -0.497 e. The molecule has 1 aromatic carbocycles. The number of hydrogen-bond donors (Lipinski definition) is 2. The van der Waals surface area contributed by atoms with Crippen LogP contribution in [0.2, 0.25) is 0 Å². The summed E-state index contributed by atoms with van der Waals surface area (Å²) in [6.45, 7) is 6.88. The van der Waals surface area contributed by atoms with Crippen LogP contribution in [0.3, 0.4) is 0 Å². The van der Waals surface area contributed by atoms with Crippen molar-refractivity contribution in [1.29, 1.82) is 0 Å². The lowest BCUT2D eigenvalue weighted by molar-refractivity contribution is -0.123. The molecule has 1 aliphatic heterocycles. The molecule has 0 radical (unpaired) electrons. The SMILES string of the molecule is COc1ccc(NC(=O)N2CCN(CC(=O)NC(C)C)CC2)cc1. The van der Waals surface area contributed by atoms with Gasteiger partial charge in [-0.1, -0.05) is 0 Å². The molecule has 1 aromatic rings. The van der Waals surface area contributed by atoms with Gasteiger partial charge < -0.3 is 20.3 Å². The Balaban J connectivity index is 1.76. The van der Waals surface area contributed by atoms with Crippen LogP contribution in [0.5, 0.6) is 5.75 Å². The second-order valence-electron chi connectivity index (χ2n) is 6.14. The van der Waals surface area contributed by atoms with Crippen LogP contribution in [-0.2, 0) is 4.79 Å². The maximum absolute atomic E-state index is 12.3. The Labute approximate surface area is 142 Å². The van der Waals surface area contributed by atoms with Crippen molar-refractivity contribution in [2.75, 3.05) is 45.2 Å². The van der Waals surface area contributed by atoms with Crippen molar-refractivity contribution in [2.45, 2.75) is 19.9 Å². The average Bonchev–Trinajstić information content (AvgIpc) is 2.55. The molecule has 0 aromatic heterocycles. The Morgan fingerprint density at radius 1 is 1.12 bits per heavy atom. The summed E-state index contributed by atoms with van der Waals surface area (Å²) in [5.41, 5.74) is 0.736. The highest BCUT2D eigenvalue weighted by Gasteiger charge is 2.22. The molecule has 0 aliphatic carbocycles. The Morgan fingerprint density at radius 3 is 2.29 bits per heavy atom. The summed E-state index contributed by atoms with van der Waals surface area (Å²) in [7, 11) is 1.61. The largest absolute Gasteiger partial charge is 0.497 e. The minimum atomic E-state index is -0.119. The van der Waals surface area contributed by atoms with Gasteiger partial charge in [0, 0.05) is 37.9 Å². The summed E-state index contributed by atoms with van der Waals surface area (Å²) in [6, 6.07) is 7.26. The Bertz CT molecular complexity index is 551. The number of methoxy groups -OCH3 is 1. The van der Waals surface area contributed by atoms with Crippen LogP contribution in [0.4, 0.5) is 10.5 Å². The summed E-state index contributed by atoms with van der Waals surface area (Å²) in [5, 5.41) is 5.76. The molecule has 0 spiro atoms. The smallest absolute Gasteiger partial charge is 0.321 e. The van der Waals surface area contributed by atoms with Crippen LogP contribution in [-0.4, -0.2) is 67.6 Å². The van der Waals surface area contributed by atoms with Gasteiger partial charge in [-0.2, -0.15) is 0 Å². The van der Waals surface area contributed by atoms with Crippen molar-refractivity contribution >= 4 is 17.6 Å². The number of rotatable bonds is 5. The van der Waals surface area contributed by atoms with Gasteiger partial charge in [0.2, 0.25) is 5.91 Å². The van der Waals surface area contributed by atoms with Gasteiger partial charge in [0.25, 0.3) is 0 Å². The molecule has 1 heterocycles. The van der Waals surface area contributed by atoms with E-state index in [1.807, 2.05) is 26.0 Å². The molecule has 0 unspecified atom stereocenters. The molecule has 3 amide bonds. The highest BCUT2D eigenvalue weighted by molar-refractivity contribution is 5.89. The lowest BCUT2D eigenvalue weighted by Crippen LogP contribution is -2.52. The zero-order chi connectivity index (χ0) is 17.5. The second-order valence-corrected chi connectivity index (χ2v) is 6.14. The molecule has 132 valence electrons. The Kier molecular flexibility index (Phi) is 6.43. The second kappa shape index (κ2) is 8.54.